The van der Waals surface area contributed by atoms with Crippen molar-refractivity contribution >= 4 is 46.2 Å². The summed E-state index contributed by atoms with van der Waals surface area (Å²) in [6.45, 7) is 3.75. The van der Waals surface area contributed by atoms with Crippen LogP contribution in [0, 0.1) is 0 Å². The molecule has 0 aromatic heterocycles. The lowest BCUT2D eigenvalue weighted by molar-refractivity contribution is -0.122. The van der Waals surface area contributed by atoms with Crippen LogP contribution in [-0.2, 0) is 14.3 Å². The normalized spacial score (nSPS) is 18.1. The van der Waals surface area contributed by atoms with Crippen LogP contribution < -0.4 is 10.6 Å². The number of amidine groups is 1. The van der Waals surface area contributed by atoms with Crippen LogP contribution in [0.4, 0.5) is 14.5 Å². The maximum Gasteiger partial charge on any atom is 0.288 e. The predicted octanol–water partition coefficient (Wildman–Crippen LogP) is 3.34. The molecule has 0 spiro atoms. The molecule has 0 unspecified atom stereocenters. The number of nitrogens with one attached hydrogen (secondary N) is 2. The Hall–Kier alpha value is -1.65. The van der Waals surface area contributed by atoms with Gasteiger partial charge in [0.1, 0.15) is 5.25 Å². The summed E-state index contributed by atoms with van der Waals surface area (Å²) < 4.78 is 29.8. The fourth-order valence-electron chi connectivity index (χ4n) is 2.21. The number of halogens is 2. The third-order valence-corrected chi connectivity index (χ3v) is 5.26. The van der Waals surface area contributed by atoms with Gasteiger partial charge >= 0.3 is 0 Å². The first-order valence-corrected chi connectivity index (χ1v) is 10.2. The molecule has 1 heterocycles. The number of benzene rings is 1. The van der Waals surface area contributed by atoms with E-state index in [1.54, 1.807) is 12.1 Å². The van der Waals surface area contributed by atoms with E-state index in [0.717, 1.165) is 6.42 Å². The molecule has 1 atom stereocenters. The van der Waals surface area contributed by atoms with Crippen molar-refractivity contribution in [2.24, 2.45) is 4.99 Å². The van der Waals surface area contributed by atoms with Crippen LogP contribution in [0.5, 0.6) is 0 Å². The van der Waals surface area contributed by atoms with E-state index in [1.165, 1.54) is 23.9 Å². The molecule has 0 radical (unpaired) electrons. The Kier molecular flexibility index (Phi) is 9.02. The highest BCUT2D eigenvalue weighted by Gasteiger charge is 2.31. The zero-order valence-corrected chi connectivity index (χ0v) is 16.4. The zero-order valence-electron chi connectivity index (χ0n) is 14.7. The molecular formula is C17H21F2N3O3S2. The molecule has 6 nitrogen and oxygen atoms in total. The van der Waals surface area contributed by atoms with E-state index in [-0.39, 0.29) is 18.2 Å². The zero-order chi connectivity index (χ0) is 19.6. The van der Waals surface area contributed by atoms with Crippen LogP contribution in [0.1, 0.15) is 19.8 Å². The van der Waals surface area contributed by atoms with Gasteiger partial charge in [0.2, 0.25) is 11.8 Å². The van der Waals surface area contributed by atoms with Crippen LogP contribution in [0.15, 0.2) is 34.2 Å². The molecule has 2 N–H and O–H groups in total. The molecule has 0 aliphatic carbocycles. The Morgan fingerprint density at radius 3 is 2.81 bits per heavy atom. The maximum absolute atomic E-state index is 12.3. The summed E-state index contributed by atoms with van der Waals surface area (Å²) in [5.74, 6) is -3.06. The molecule has 1 aromatic rings. The highest BCUT2D eigenvalue weighted by Crippen LogP contribution is 2.27. The number of anilines is 1. The summed E-state index contributed by atoms with van der Waals surface area (Å²) in [6.07, 6.45) is 0.765. The molecule has 1 fully saturated rings. The topological polar surface area (TPSA) is 79.8 Å². The van der Waals surface area contributed by atoms with Crippen molar-refractivity contribution in [3.05, 3.63) is 24.3 Å². The number of ether oxygens (including phenoxy) is 1. The average molecular weight is 418 g/mol. The fourth-order valence-corrected chi connectivity index (χ4v) is 3.70. The van der Waals surface area contributed by atoms with Gasteiger partial charge in [-0.25, -0.2) is 0 Å². The summed E-state index contributed by atoms with van der Waals surface area (Å²) in [4.78, 5) is 28.8. The molecule has 1 aromatic carbocycles. The standard InChI is InChI=1S/C17H21F2N3O3S2/c1-2-25-9-3-8-20-17-22-15(24)13(27-17)10-14(23)21-11-4-6-12(7-5-11)26-16(18)19/h4-7,13,16H,2-3,8-10H2,1H3,(H,21,23)(H,20,22,24)/t13-/m0/s1. The molecule has 27 heavy (non-hydrogen) atoms. The minimum atomic E-state index is -2.49. The van der Waals surface area contributed by atoms with Crippen LogP contribution in [0.2, 0.25) is 0 Å². The van der Waals surface area contributed by atoms with Gasteiger partial charge in [-0.2, -0.15) is 8.78 Å². The third-order valence-electron chi connectivity index (χ3n) is 3.42. The Morgan fingerprint density at radius 2 is 2.15 bits per heavy atom. The first kappa shape index (κ1) is 21.6. The van der Waals surface area contributed by atoms with Crippen LogP contribution in [-0.4, -0.2) is 47.7 Å². The number of thioether (sulfide) groups is 2. The van der Waals surface area contributed by atoms with E-state index < -0.39 is 11.0 Å². The van der Waals surface area contributed by atoms with E-state index in [0.29, 0.717) is 47.3 Å². The van der Waals surface area contributed by atoms with Crippen molar-refractivity contribution in [3.63, 3.8) is 0 Å². The Morgan fingerprint density at radius 1 is 1.41 bits per heavy atom. The van der Waals surface area contributed by atoms with Gasteiger partial charge in [0, 0.05) is 36.8 Å². The number of aliphatic imine (C=N–C) groups is 1. The highest BCUT2D eigenvalue weighted by atomic mass is 32.2. The molecule has 1 aliphatic heterocycles. The second-order valence-electron chi connectivity index (χ2n) is 5.49. The number of rotatable bonds is 10. The van der Waals surface area contributed by atoms with E-state index >= 15 is 0 Å². The van der Waals surface area contributed by atoms with E-state index in [2.05, 4.69) is 15.6 Å². The first-order valence-electron chi connectivity index (χ1n) is 8.42. The van der Waals surface area contributed by atoms with Crippen molar-refractivity contribution in [2.75, 3.05) is 25.1 Å². The second kappa shape index (κ2) is 11.3. The number of hydrogen-bond donors (Lipinski definition) is 2. The van der Waals surface area contributed by atoms with Crippen LogP contribution in [0.25, 0.3) is 0 Å². The summed E-state index contributed by atoms with van der Waals surface area (Å²) in [6, 6.07) is 6.12. The molecule has 0 bridgehead atoms. The Labute approximate surface area is 164 Å². The lowest BCUT2D eigenvalue weighted by atomic mass is 10.2. The number of carbonyl (C=O) groups is 2. The number of nitrogens with zero attached hydrogens (tertiary/aromatic N) is 1. The third kappa shape index (κ3) is 7.86. The van der Waals surface area contributed by atoms with Crippen LogP contribution in [0.3, 0.4) is 0 Å². The Balaban J connectivity index is 1.78. The summed E-state index contributed by atoms with van der Waals surface area (Å²) in [5.41, 5.74) is 0.492. The number of alkyl halides is 2. The van der Waals surface area contributed by atoms with Gasteiger partial charge in [-0.1, -0.05) is 23.5 Å². The monoisotopic (exact) mass is 417 g/mol. The number of hydrogen-bond acceptors (Lipinski definition) is 6. The molecule has 1 aliphatic rings. The van der Waals surface area contributed by atoms with Crippen molar-refractivity contribution in [3.8, 4) is 0 Å². The summed E-state index contributed by atoms with van der Waals surface area (Å²) in [7, 11) is 0. The molecule has 148 valence electrons. The van der Waals surface area contributed by atoms with E-state index in [1.807, 2.05) is 6.92 Å². The fraction of sp³-hybridized carbons (Fsp3) is 0.471. The van der Waals surface area contributed by atoms with Gasteiger partial charge in [0.25, 0.3) is 5.76 Å². The summed E-state index contributed by atoms with van der Waals surface area (Å²) >= 11 is 1.67. The summed E-state index contributed by atoms with van der Waals surface area (Å²) in [5, 5.41) is 5.31. The Bertz CT molecular complexity index is 672. The second-order valence-corrected chi connectivity index (χ2v) is 7.74. The van der Waals surface area contributed by atoms with Gasteiger partial charge in [0.05, 0.1) is 0 Å². The average Bonchev–Trinajstić information content (AvgIpc) is 2.95. The van der Waals surface area contributed by atoms with E-state index in [4.69, 9.17) is 4.74 Å². The van der Waals surface area contributed by atoms with Crippen molar-refractivity contribution in [2.45, 2.75) is 35.7 Å². The molecule has 0 saturated carbocycles. The maximum atomic E-state index is 12.3. The lowest BCUT2D eigenvalue weighted by Crippen LogP contribution is -2.28. The quantitative estimate of drug-likeness (QED) is 0.451. The number of carbonyl (C=O) groups excluding carboxylic acids is 2. The minimum absolute atomic E-state index is 0.00199. The van der Waals surface area contributed by atoms with Crippen LogP contribution >= 0.6 is 23.5 Å². The first-order chi connectivity index (χ1) is 13.0. The molecule has 2 amide bonds. The largest absolute Gasteiger partial charge is 0.382 e. The van der Waals surface area contributed by atoms with Crippen molar-refractivity contribution < 1.29 is 23.1 Å². The van der Waals surface area contributed by atoms with Gasteiger partial charge in [0.15, 0.2) is 5.17 Å². The molecule has 1 saturated heterocycles. The molecule has 2 rings (SSSR count). The van der Waals surface area contributed by atoms with E-state index in [9.17, 15) is 18.4 Å². The van der Waals surface area contributed by atoms with Gasteiger partial charge in [-0.3, -0.25) is 14.6 Å². The molecule has 10 heteroatoms. The van der Waals surface area contributed by atoms with Gasteiger partial charge in [-0.05, 0) is 37.6 Å². The smallest absolute Gasteiger partial charge is 0.288 e. The number of amides is 2. The van der Waals surface area contributed by atoms with Gasteiger partial charge in [-0.15, -0.1) is 0 Å². The predicted molar refractivity (Wildman–Crippen MR) is 104 cm³/mol. The SMILES string of the molecule is CCOCCCN=C1NC(=O)[C@H](CC(=O)Nc2ccc(SC(F)F)cc2)S1. The minimum Gasteiger partial charge on any atom is -0.382 e. The van der Waals surface area contributed by atoms with Crippen molar-refractivity contribution in [1.82, 2.24) is 5.32 Å². The lowest BCUT2D eigenvalue weighted by Gasteiger charge is -2.08. The van der Waals surface area contributed by atoms with Crippen molar-refractivity contribution in [1.29, 1.82) is 0 Å². The van der Waals surface area contributed by atoms with Gasteiger partial charge < -0.3 is 15.4 Å². The molecular weight excluding hydrogens is 396 g/mol. The highest BCUT2D eigenvalue weighted by molar-refractivity contribution is 8.15.